The number of carbonyl (C=O) groups is 1. The minimum atomic E-state index is -0.165. The highest BCUT2D eigenvalue weighted by Crippen LogP contribution is 2.26. The molecule has 0 bridgehead atoms. The first kappa shape index (κ1) is 17.2. The molecule has 1 aromatic rings. The van der Waals surface area contributed by atoms with Crippen LogP contribution < -0.4 is 10.2 Å². The van der Waals surface area contributed by atoms with Crippen molar-refractivity contribution >= 4 is 11.6 Å². The van der Waals surface area contributed by atoms with Crippen LogP contribution in [0.2, 0.25) is 0 Å². The summed E-state index contributed by atoms with van der Waals surface area (Å²) in [6.07, 6.45) is 4.03. The van der Waals surface area contributed by atoms with Crippen LogP contribution in [0.5, 0.6) is 0 Å². The monoisotopic (exact) mass is 331 g/mol. The first-order valence-electron chi connectivity index (χ1n) is 9.08. The van der Waals surface area contributed by atoms with Crippen LogP contribution in [0.3, 0.4) is 0 Å². The molecule has 1 unspecified atom stereocenters. The Morgan fingerprint density at radius 3 is 2.46 bits per heavy atom. The van der Waals surface area contributed by atoms with Gasteiger partial charge in [0.15, 0.2) is 0 Å². The maximum absolute atomic E-state index is 12.3. The fraction of sp³-hybridized carbons (Fsp3) is 0.632. The predicted octanol–water partition coefficient (Wildman–Crippen LogP) is 1.86. The highest BCUT2D eigenvalue weighted by molar-refractivity contribution is 5.94. The molecule has 1 heterocycles. The van der Waals surface area contributed by atoms with Crippen LogP contribution in [0.25, 0.3) is 0 Å². The number of amides is 1. The first-order chi connectivity index (χ1) is 11.5. The van der Waals surface area contributed by atoms with E-state index in [9.17, 15) is 9.90 Å². The Morgan fingerprint density at radius 2 is 1.88 bits per heavy atom. The molecule has 1 atom stereocenters. The van der Waals surface area contributed by atoms with E-state index in [0.29, 0.717) is 24.2 Å². The lowest BCUT2D eigenvalue weighted by molar-refractivity contribution is 0.0939. The van der Waals surface area contributed by atoms with Crippen molar-refractivity contribution in [3.8, 4) is 0 Å². The Bertz CT molecular complexity index is 548. The zero-order valence-corrected chi connectivity index (χ0v) is 14.7. The van der Waals surface area contributed by atoms with Gasteiger partial charge in [0, 0.05) is 43.0 Å². The zero-order valence-electron chi connectivity index (χ0n) is 14.7. The maximum atomic E-state index is 12.3. The number of aliphatic hydroxyl groups is 1. The summed E-state index contributed by atoms with van der Waals surface area (Å²) < 4.78 is 0. The molecule has 5 heteroatoms. The highest BCUT2D eigenvalue weighted by atomic mass is 16.3. The smallest absolute Gasteiger partial charge is 0.251 e. The Labute approximate surface area is 144 Å². The minimum Gasteiger partial charge on any atom is -0.393 e. The number of hydrogen-bond acceptors (Lipinski definition) is 4. The van der Waals surface area contributed by atoms with Crippen molar-refractivity contribution in [1.29, 1.82) is 0 Å². The number of aliphatic hydroxyl groups excluding tert-OH is 1. The second kappa shape index (κ2) is 7.53. The molecule has 1 aliphatic heterocycles. The molecule has 1 aliphatic carbocycles. The first-order valence-corrected chi connectivity index (χ1v) is 9.08. The second-order valence-corrected chi connectivity index (χ2v) is 7.22. The van der Waals surface area contributed by atoms with Gasteiger partial charge in [0.25, 0.3) is 5.91 Å². The van der Waals surface area contributed by atoms with Gasteiger partial charge in [-0.05, 0) is 63.9 Å². The van der Waals surface area contributed by atoms with Gasteiger partial charge < -0.3 is 15.3 Å². The maximum Gasteiger partial charge on any atom is 0.251 e. The van der Waals surface area contributed by atoms with Gasteiger partial charge in [-0.3, -0.25) is 9.69 Å². The zero-order chi connectivity index (χ0) is 17.1. The predicted molar refractivity (Wildman–Crippen MR) is 96.5 cm³/mol. The van der Waals surface area contributed by atoms with E-state index in [0.717, 1.165) is 31.6 Å². The molecule has 24 heavy (non-hydrogen) atoms. The van der Waals surface area contributed by atoms with Crippen LogP contribution in [-0.4, -0.2) is 60.8 Å². The molecule has 132 valence electrons. The van der Waals surface area contributed by atoms with Crippen LogP contribution in [0.1, 0.15) is 43.0 Å². The summed E-state index contributed by atoms with van der Waals surface area (Å²) in [5.74, 6) is -0.00772. The molecule has 1 saturated carbocycles. The summed E-state index contributed by atoms with van der Waals surface area (Å²) in [4.78, 5) is 16.9. The molecule has 0 spiro atoms. The number of nitrogens with zero attached hydrogens (tertiary/aromatic N) is 2. The van der Waals surface area contributed by atoms with Gasteiger partial charge in [0.1, 0.15) is 0 Å². The van der Waals surface area contributed by atoms with Crippen LogP contribution in [0.4, 0.5) is 5.69 Å². The van der Waals surface area contributed by atoms with Crippen molar-refractivity contribution < 1.29 is 9.90 Å². The van der Waals surface area contributed by atoms with E-state index in [1.54, 1.807) is 0 Å². The third-order valence-corrected chi connectivity index (χ3v) is 5.34. The lowest BCUT2D eigenvalue weighted by Gasteiger charge is -2.31. The van der Waals surface area contributed by atoms with E-state index in [1.165, 1.54) is 12.8 Å². The number of likely N-dealkylation sites (N-methyl/N-ethyl adjacent to an activating group) is 1. The second-order valence-electron chi connectivity index (χ2n) is 7.22. The summed E-state index contributed by atoms with van der Waals surface area (Å²) in [6, 6.07) is 8.87. The number of nitrogens with one attached hydrogen (secondary N) is 1. The number of carbonyl (C=O) groups excluding carboxylic acids is 1. The molecule has 2 N–H and O–H groups in total. The van der Waals surface area contributed by atoms with E-state index in [-0.39, 0.29) is 12.0 Å². The van der Waals surface area contributed by atoms with Crippen molar-refractivity contribution in [2.24, 2.45) is 0 Å². The van der Waals surface area contributed by atoms with Gasteiger partial charge in [-0.15, -0.1) is 0 Å². The fourth-order valence-electron chi connectivity index (χ4n) is 3.28. The van der Waals surface area contributed by atoms with Gasteiger partial charge in [-0.1, -0.05) is 0 Å². The van der Waals surface area contributed by atoms with Gasteiger partial charge >= 0.3 is 0 Å². The lowest BCUT2D eigenvalue weighted by Crippen LogP contribution is -2.41. The van der Waals surface area contributed by atoms with Crippen LogP contribution in [0, 0.1) is 0 Å². The molecule has 0 radical (unpaired) electrons. The fourth-order valence-corrected chi connectivity index (χ4v) is 3.28. The van der Waals surface area contributed by atoms with Crippen LogP contribution >= 0.6 is 0 Å². The summed E-state index contributed by atoms with van der Waals surface area (Å²) in [7, 11) is 2.14. The van der Waals surface area contributed by atoms with Crippen molar-refractivity contribution in [2.75, 3.05) is 31.6 Å². The molecule has 5 nitrogen and oxygen atoms in total. The SMILES string of the molecule is CC(CNC(=O)c1ccc(N2CCC(O)CC2)cc1)N(C)C1CC1. The molecule has 1 amide bonds. The number of piperidine rings is 1. The Kier molecular flexibility index (Phi) is 5.41. The summed E-state index contributed by atoms with van der Waals surface area (Å²) >= 11 is 0. The van der Waals surface area contributed by atoms with E-state index >= 15 is 0 Å². The van der Waals surface area contributed by atoms with E-state index < -0.39 is 0 Å². The third kappa shape index (κ3) is 4.28. The topological polar surface area (TPSA) is 55.8 Å². The standard InChI is InChI=1S/C19H29N3O2/c1-14(21(2)16-7-8-16)13-20-19(24)15-3-5-17(6-4-15)22-11-9-18(23)10-12-22/h3-6,14,16,18,23H,7-13H2,1-2H3,(H,20,24). The normalized spacial score (nSPS) is 20.2. The molecule has 3 rings (SSSR count). The van der Waals surface area contributed by atoms with Gasteiger partial charge in [-0.2, -0.15) is 0 Å². The quantitative estimate of drug-likeness (QED) is 0.835. The summed E-state index contributed by atoms with van der Waals surface area (Å²) in [6.45, 7) is 4.58. The van der Waals surface area contributed by atoms with E-state index in [4.69, 9.17) is 0 Å². The molecule has 2 fully saturated rings. The summed E-state index contributed by atoms with van der Waals surface area (Å²) in [5, 5.41) is 12.6. The third-order valence-electron chi connectivity index (χ3n) is 5.34. The molecule has 1 aromatic carbocycles. The number of anilines is 1. The Hall–Kier alpha value is -1.59. The van der Waals surface area contributed by atoms with Crippen molar-refractivity contribution in [3.63, 3.8) is 0 Å². The van der Waals surface area contributed by atoms with Gasteiger partial charge in [0.05, 0.1) is 6.10 Å². The van der Waals surface area contributed by atoms with Crippen LogP contribution in [0.15, 0.2) is 24.3 Å². The number of benzene rings is 1. The molecular weight excluding hydrogens is 302 g/mol. The summed E-state index contributed by atoms with van der Waals surface area (Å²) in [5.41, 5.74) is 1.83. The van der Waals surface area contributed by atoms with Crippen molar-refractivity contribution in [3.05, 3.63) is 29.8 Å². The van der Waals surface area contributed by atoms with Gasteiger partial charge in [0.2, 0.25) is 0 Å². The Morgan fingerprint density at radius 1 is 1.25 bits per heavy atom. The van der Waals surface area contributed by atoms with E-state index in [2.05, 4.69) is 29.1 Å². The van der Waals surface area contributed by atoms with Crippen molar-refractivity contribution in [1.82, 2.24) is 10.2 Å². The van der Waals surface area contributed by atoms with E-state index in [1.807, 2.05) is 24.3 Å². The number of hydrogen-bond donors (Lipinski definition) is 2. The highest BCUT2D eigenvalue weighted by Gasteiger charge is 2.29. The Balaban J connectivity index is 1.50. The van der Waals surface area contributed by atoms with Gasteiger partial charge in [-0.25, -0.2) is 0 Å². The van der Waals surface area contributed by atoms with Crippen molar-refractivity contribution in [2.45, 2.75) is 50.8 Å². The molecule has 1 saturated heterocycles. The molecule has 0 aromatic heterocycles. The van der Waals surface area contributed by atoms with Crippen LogP contribution in [-0.2, 0) is 0 Å². The largest absolute Gasteiger partial charge is 0.393 e. The molecular formula is C19H29N3O2. The number of rotatable bonds is 6. The molecule has 2 aliphatic rings. The lowest BCUT2D eigenvalue weighted by atomic mass is 10.1. The minimum absolute atomic E-state index is 0.00772. The average molecular weight is 331 g/mol. The average Bonchev–Trinajstić information content (AvgIpc) is 3.44.